The molecule has 0 saturated heterocycles. The number of aliphatic imine (C=N–C) groups is 1. The molecule has 0 amide bonds. The van der Waals surface area contributed by atoms with Crippen LogP contribution in [0.15, 0.2) is 64.4 Å². The zero-order valence-corrected chi connectivity index (χ0v) is 16.5. The number of guanidine groups is 1. The predicted octanol–water partition coefficient (Wildman–Crippen LogP) is 2.71. The number of hydrogen-bond acceptors (Lipinski definition) is 4. The van der Waals surface area contributed by atoms with Crippen molar-refractivity contribution in [1.29, 1.82) is 5.26 Å². The number of rotatable bonds is 7. The first-order valence-corrected chi connectivity index (χ1v) is 9.51. The fraction of sp³-hybridized carbons (Fsp3) is 0.182. The van der Waals surface area contributed by atoms with Crippen molar-refractivity contribution in [1.82, 2.24) is 15.3 Å². The Bertz CT molecular complexity index is 1120. The first kappa shape index (κ1) is 20.6. The van der Waals surface area contributed by atoms with Crippen LogP contribution in [0.25, 0.3) is 0 Å². The molecule has 8 nitrogen and oxygen atoms in total. The molecule has 0 aliphatic rings. The maximum Gasteiger partial charge on any atom is 0.323 e. The molecule has 3 aromatic rings. The minimum absolute atomic E-state index is 0.243. The molecule has 2 aromatic carbocycles. The molecule has 0 aliphatic carbocycles. The Morgan fingerprint density at radius 1 is 1.10 bits per heavy atom. The first-order valence-electron chi connectivity index (χ1n) is 9.51. The second-order valence-electron chi connectivity index (χ2n) is 6.67. The van der Waals surface area contributed by atoms with Crippen molar-refractivity contribution < 1.29 is 4.79 Å². The highest BCUT2D eigenvalue weighted by Crippen LogP contribution is 2.14. The van der Waals surface area contributed by atoms with Crippen LogP contribution in [0.5, 0.6) is 0 Å². The van der Waals surface area contributed by atoms with E-state index >= 15 is 0 Å². The predicted molar refractivity (Wildman–Crippen MR) is 115 cm³/mol. The monoisotopic (exact) mass is 402 g/mol. The van der Waals surface area contributed by atoms with Gasteiger partial charge in [-0.05, 0) is 49.6 Å². The van der Waals surface area contributed by atoms with Gasteiger partial charge in [-0.3, -0.25) is 15.1 Å². The minimum Gasteiger partial charge on any atom is -0.326 e. The number of benzene rings is 2. The summed E-state index contributed by atoms with van der Waals surface area (Å²) in [5.74, 6) is 0.0674. The van der Waals surface area contributed by atoms with Crippen LogP contribution in [0.2, 0.25) is 0 Å². The summed E-state index contributed by atoms with van der Waals surface area (Å²) >= 11 is 0. The van der Waals surface area contributed by atoms with Crippen LogP contribution in [-0.2, 0) is 6.42 Å². The highest BCUT2D eigenvalue weighted by Gasteiger charge is 2.14. The number of anilines is 1. The van der Waals surface area contributed by atoms with Crippen LogP contribution in [0.4, 0.5) is 5.69 Å². The molecule has 0 atom stereocenters. The molecule has 0 fully saturated rings. The lowest BCUT2D eigenvalue weighted by atomic mass is 10.1. The Labute approximate surface area is 173 Å². The molecule has 1 aromatic heterocycles. The van der Waals surface area contributed by atoms with Crippen molar-refractivity contribution in [2.75, 3.05) is 11.9 Å². The summed E-state index contributed by atoms with van der Waals surface area (Å²) in [6.07, 6.45) is 3.63. The van der Waals surface area contributed by atoms with Gasteiger partial charge in [-0.15, -0.1) is 0 Å². The number of aryl methyl sites for hydroxylation is 2. The third-order valence-electron chi connectivity index (χ3n) is 4.46. The van der Waals surface area contributed by atoms with Crippen LogP contribution in [0.3, 0.4) is 0 Å². The van der Waals surface area contributed by atoms with Gasteiger partial charge in [0.25, 0.3) is 0 Å². The number of aromatic amines is 2. The molecule has 152 valence electrons. The van der Waals surface area contributed by atoms with E-state index in [1.807, 2.05) is 24.4 Å². The van der Waals surface area contributed by atoms with E-state index in [9.17, 15) is 9.59 Å². The Balaban J connectivity index is 1.61. The number of carbonyl (C=O) groups excluding carboxylic acids is 1. The zero-order valence-electron chi connectivity index (χ0n) is 16.5. The van der Waals surface area contributed by atoms with Gasteiger partial charge >= 0.3 is 5.69 Å². The third-order valence-corrected chi connectivity index (χ3v) is 4.46. The molecule has 0 radical (unpaired) electrons. The lowest BCUT2D eigenvalue weighted by Crippen LogP contribution is -2.27. The molecule has 30 heavy (non-hydrogen) atoms. The number of nitriles is 1. The smallest absolute Gasteiger partial charge is 0.323 e. The van der Waals surface area contributed by atoms with Crippen LogP contribution in [0, 0.1) is 18.4 Å². The average molecular weight is 402 g/mol. The van der Waals surface area contributed by atoms with Crippen molar-refractivity contribution in [3.05, 3.63) is 87.6 Å². The van der Waals surface area contributed by atoms with Crippen molar-refractivity contribution in [2.24, 2.45) is 4.99 Å². The van der Waals surface area contributed by atoms with Gasteiger partial charge in [0, 0.05) is 23.5 Å². The number of carbonyl (C=O) groups is 1. The summed E-state index contributed by atoms with van der Waals surface area (Å²) in [6, 6.07) is 16.9. The molecule has 0 unspecified atom stereocenters. The van der Waals surface area contributed by atoms with E-state index in [2.05, 4.69) is 37.7 Å². The first-order chi connectivity index (χ1) is 14.6. The van der Waals surface area contributed by atoms with Crippen LogP contribution in [-0.4, -0.2) is 28.3 Å². The number of nitrogens with zero attached hydrogens (tertiary/aromatic N) is 2. The molecule has 0 bridgehead atoms. The maximum atomic E-state index is 12.5. The molecule has 4 N–H and O–H groups in total. The number of aromatic nitrogens is 2. The van der Waals surface area contributed by atoms with E-state index in [4.69, 9.17) is 5.26 Å². The van der Waals surface area contributed by atoms with E-state index in [1.165, 1.54) is 5.56 Å². The van der Waals surface area contributed by atoms with Crippen LogP contribution < -0.4 is 16.3 Å². The van der Waals surface area contributed by atoms with E-state index in [-0.39, 0.29) is 11.5 Å². The van der Waals surface area contributed by atoms with Gasteiger partial charge in [-0.2, -0.15) is 5.26 Å². The van der Waals surface area contributed by atoms with Crippen molar-refractivity contribution in [3.63, 3.8) is 0 Å². The van der Waals surface area contributed by atoms with Gasteiger partial charge in [-0.1, -0.05) is 30.3 Å². The van der Waals surface area contributed by atoms with Gasteiger partial charge in [0.1, 0.15) is 5.69 Å². The minimum atomic E-state index is -0.412. The van der Waals surface area contributed by atoms with E-state index < -0.39 is 5.69 Å². The van der Waals surface area contributed by atoms with Gasteiger partial charge < -0.3 is 15.3 Å². The third kappa shape index (κ3) is 5.45. The highest BCUT2D eigenvalue weighted by molar-refractivity contribution is 6.08. The summed E-state index contributed by atoms with van der Waals surface area (Å²) in [5.41, 5.74) is 2.69. The number of ketones is 1. The Morgan fingerprint density at radius 3 is 2.47 bits per heavy atom. The van der Waals surface area contributed by atoms with Crippen LogP contribution >= 0.6 is 0 Å². The summed E-state index contributed by atoms with van der Waals surface area (Å²) in [5, 5.41) is 14.5. The fourth-order valence-electron chi connectivity index (χ4n) is 2.97. The van der Waals surface area contributed by atoms with Gasteiger partial charge in [0.15, 0.2) is 6.19 Å². The summed E-state index contributed by atoms with van der Waals surface area (Å²) in [4.78, 5) is 33.3. The molecular weight excluding hydrogens is 380 g/mol. The second kappa shape index (κ2) is 9.89. The topological polar surface area (TPSA) is 126 Å². The van der Waals surface area contributed by atoms with Gasteiger partial charge in [-0.25, -0.2) is 4.79 Å². The average Bonchev–Trinajstić information content (AvgIpc) is 3.10. The summed E-state index contributed by atoms with van der Waals surface area (Å²) < 4.78 is 0. The van der Waals surface area contributed by atoms with Gasteiger partial charge in [0.05, 0.1) is 0 Å². The van der Waals surface area contributed by atoms with Crippen LogP contribution in [0.1, 0.15) is 33.7 Å². The molecule has 8 heteroatoms. The number of nitrogens with one attached hydrogen (secondary N) is 4. The van der Waals surface area contributed by atoms with Crippen molar-refractivity contribution in [3.8, 4) is 6.19 Å². The standard InChI is InChI=1S/C22H22N6O2/c1-15-19(28-22(30)26-15)20(29)17-9-11-18(12-10-17)27-21(25-14-23)24-13-5-8-16-6-3-2-4-7-16/h2-4,6-7,9-12H,5,8,13H2,1H3,(H2,24,25,27)(H2,26,28,30). The van der Waals surface area contributed by atoms with Gasteiger partial charge in [0.2, 0.25) is 11.7 Å². The fourth-order valence-corrected chi connectivity index (χ4v) is 2.97. The van der Waals surface area contributed by atoms with Crippen molar-refractivity contribution >= 4 is 17.4 Å². The highest BCUT2D eigenvalue weighted by atomic mass is 16.1. The summed E-state index contributed by atoms with van der Waals surface area (Å²) in [6.45, 7) is 2.22. The number of imidazole rings is 1. The van der Waals surface area contributed by atoms with E-state index in [1.54, 1.807) is 31.2 Å². The Kier molecular flexibility index (Phi) is 6.79. The number of H-pyrrole nitrogens is 2. The SMILES string of the molecule is Cc1[nH]c(=O)[nH]c1C(=O)c1ccc(NC(=NCCCc2ccccc2)NC#N)cc1. The molecule has 3 rings (SSSR count). The lowest BCUT2D eigenvalue weighted by molar-refractivity contribution is 0.103. The molecular formula is C22H22N6O2. The molecule has 1 heterocycles. The number of hydrogen-bond donors (Lipinski definition) is 4. The second-order valence-corrected chi connectivity index (χ2v) is 6.67. The zero-order chi connectivity index (χ0) is 21.3. The largest absolute Gasteiger partial charge is 0.326 e. The molecule has 0 spiro atoms. The maximum absolute atomic E-state index is 12.5. The molecule has 0 aliphatic heterocycles. The normalized spacial score (nSPS) is 11.0. The Morgan fingerprint density at radius 2 is 1.83 bits per heavy atom. The summed E-state index contributed by atoms with van der Waals surface area (Å²) in [7, 11) is 0. The lowest BCUT2D eigenvalue weighted by Gasteiger charge is -2.09. The molecule has 0 saturated carbocycles. The quantitative estimate of drug-likeness (QED) is 0.121. The van der Waals surface area contributed by atoms with E-state index in [0.717, 1.165) is 12.8 Å². The Hall–Kier alpha value is -4.12. The van der Waals surface area contributed by atoms with E-state index in [0.29, 0.717) is 29.4 Å². The van der Waals surface area contributed by atoms with Crippen molar-refractivity contribution in [2.45, 2.75) is 19.8 Å².